The van der Waals surface area contributed by atoms with Crippen LogP contribution in [0.25, 0.3) is 6.08 Å². The van der Waals surface area contributed by atoms with Gasteiger partial charge in [0, 0.05) is 12.6 Å². The third kappa shape index (κ3) is 12.7. The highest BCUT2D eigenvalue weighted by Crippen LogP contribution is 2.32. The number of hydrogen-bond donors (Lipinski definition) is 4. The number of phenols is 1. The average Bonchev–Trinajstić information content (AvgIpc) is 2.89. The molecule has 1 aliphatic heterocycles. The molecule has 2 unspecified atom stereocenters. The van der Waals surface area contributed by atoms with E-state index in [1.165, 1.54) is 38.9 Å². The Hall–Kier alpha value is -2.90. The quantitative estimate of drug-likeness (QED) is 0.105. The zero-order chi connectivity index (χ0) is 28.6. The summed E-state index contributed by atoms with van der Waals surface area (Å²) < 4.78 is 5.25. The van der Waals surface area contributed by atoms with Gasteiger partial charge in [-0.05, 0) is 92.1 Å². The number of aromatic hydroxyl groups is 1. The molecular formula is C32H49N3O4. The molecule has 0 saturated carbocycles. The molecule has 5 N–H and O–H groups in total. The molecule has 0 bridgehead atoms. The van der Waals surface area contributed by atoms with Gasteiger partial charge in [0.25, 0.3) is 0 Å². The molecule has 0 fully saturated rings. The Balaban J connectivity index is 1.83. The largest absolute Gasteiger partial charge is 0.504 e. The Morgan fingerprint density at radius 3 is 2.59 bits per heavy atom. The Morgan fingerprint density at radius 1 is 1.15 bits per heavy atom. The standard InChI is InChI=1S/C32H49N3O4/c1-23(2)9-8-11-24(21-34-3)10-6-5-7-12-28(36)20-29(37)15-14-26-19-31(39-4)30(38)18-27(26)17-25-13-16-32(33)35-22-25/h13-16,18-19,22-24,32,34-35,38H,5-12,17,20-21,33H2,1-4H3. The zero-order valence-corrected chi connectivity index (χ0v) is 24.3. The summed E-state index contributed by atoms with van der Waals surface area (Å²) in [7, 11) is 3.50. The molecule has 0 aromatic heterocycles. The van der Waals surface area contributed by atoms with Crippen molar-refractivity contribution in [2.45, 2.75) is 84.2 Å². The molecular weight excluding hydrogens is 490 g/mol. The fourth-order valence-electron chi connectivity index (χ4n) is 4.87. The highest BCUT2D eigenvalue weighted by Gasteiger charge is 2.13. The van der Waals surface area contributed by atoms with Crippen LogP contribution in [0.2, 0.25) is 0 Å². The smallest absolute Gasteiger partial charge is 0.163 e. The van der Waals surface area contributed by atoms with Crippen LogP contribution in [0.3, 0.4) is 0 Å². The minimum absolute atomic E-state index is 0.0169. The number of hydrogen-bond acceptors (Lipinski definition) is 7. The third-order valence-corrected chi connectivity index (χ3v) is 7.09. The summed E-state index contributed by atoms with van der Waals surface area (Å²) in [6.07, 6.45) is 17.4. The average molecular weight is 540 g/mol. The maximum atomic E-state index is 12.5. The van der Waals surface area contributed by atoms with Crippen molar-refractivity contribution in [3.8, 4) is 11.5 Å². The van der Waals surface area contributed by atoms with E-state index in [0.29, 0.717) is 24.5 Å². The molecule has 2 rings (SSSR count). The van der Waals surface area contributed by atoms with Gasteiger partial charge in [-0.15, -0.1) is 0 Å². The molecule has 0 saturated heterocycles. The number of unbranched alkanes of at least 4 members (excludes halogenated alkanes) is 2. The summed E-state index contributed by atoms with van der Waals surface area (Å²) in [6, 6.07) is 3.34. The summed E-state index contributed by atoms with van der Waals surface area (Å²) >= 11 is 0. The SMILES string of the molecule is CNCC(CCCCCC(=O)CC(=O)C=Cc1cc(OC)c(O)cc1CC1=CNC(N)C=C1)CCCC(C)C. The van der Waals surface area contributed by atoms with Crippen LogP contribution in [0.15, 0.2) is 42.1 Å². The van der Waals surface area contributed by atoms with Gasteiger partial charge in [-0.2, -0.15) is 0 Å². The van der Waals surface area contributed by atoms with E-state index in [1.807, 2.05) is 25.4 Å². The van der Waals surface area contributed by atoms with Crippen LogP contribution in [-0.2, 0) is 16.0 Å². The van der Waals surface area contributed by atoms with E-state index in [9.17, 15) is 14.7 Å². The summed E-state index contributed by atoms with van der Waals surface area (Å²) in [4.78, 5) is 25.0. The first-order valence-electron chi connectivity index (χ1n) is 14.4. The molecule has 0 spiro atoms. The van der Waals surface area contributed by atoms with Gasteiger partial charge in [-0.25, -0.2) is 0 Å². The van der Waals surface area contributed by atoms with Crippen LogP contribution >= 0.6 is 0 Å². The number of phenolic OH excluding ortho intramolecular Hbond substituents is 1. The van der Waals surface area contributed by atoms with Crippen molar-refractivity contribution in [3.63, 3.8) is 0 Å². The van der Waals surface area contributed by atoms with Crippen LogP contribution in [0.1, 0.15) is 82.8 Å². The number of benzene rings is 1. The van der Waals surface area contributed by atoms with Gasteiger partial charge in [0.05, 0.1) is 19.7 Å². The van der Waals surface area contributed by atoms with Crippen molar-refractivity contribution in [2.75, 3.05) is 20.7 Å². The highest BCUT2D eigenvalue weighted by atomic mass is 16.5. The number of ketones is 2. The van der Waals surface area contributed by atoms with Crippen LogP contribution in [-0.4, -0.2) is 43.5 Å². The number of Topliss-reactive ketones (excluding diaryl/α,β-unsaturated/α-hetero) is 1. The molecule has 7 nitrogen and oxygen atoms in total. The fourth-order valence-corrected chi connectivity index (χ4v) is 4.87. The second-order valence-electron chi connectivity index (χ2n) is 11.0. The number of carbonyl (C=O) groups is 2. The predicted molar refractivity (Wildman–Crippen MR) is 160 cm³/mol. The number of methoxy groups -OCH3 is 1. The molecule has 1 aromatic rings. The van der Waals surface area contributed by atoms with Crippen LogP contribution in [0.4, 0.5) is 0 Å². The lowest BCUT2D eigenvalue weighted by atomic mass is 9.93. The molecule has 216 valence electrons. The van der Waals surface area contributed by atoms with E-state index < -0.39 is 0 Å². The first-order valence-corrected chi connectivity index (χ1v) is 14.4. The van der Waals surface area contributed by atoms with E-state index in [0.717, 1.165) is 48.4 Å². The van der Waals surface area contributed by atoms with Gasteiger partial charge >= 0.3 is 0 Å². The first kappa shape index (κ1) is 32.3. The lowest BCUT2D eigenvalue weighted by molar-refractivity contribution is -0.124. The van der Waals surface area contributed by atoms with Crippen LogP contribution in [0, 0.1) is 11.8 Å². The third-order valence-electron chi connectivity index (χ3n) is 7.09. The van der Waals surface area contributed by atoms with E-state index in [1.54, 1.807) is 18.2 Å². The number of ether oxygens (including phenoxy) is 1. The van der Waals surface area contributed by atoms with Gasteiger partial charge in [-0.3, -0.25) is 9.59 Å². The number of carbonyl (C=O) groups excluding carboxylic acids is 2. The highest BCUT2D eigenvalue weighted by molar-refractivity contribution is 6.06. The lowest BCUT2D eigenvalue weighted by Gasteiger charge is -2.17. The van der Waals surface area contributed by atoms with E-state index in [4.69, 9.17) is 10.5 Å². The lowest BCUT2D eigenvalue weighted by Crippen LogP contribution is -2.33. The first-order chi connectivity index (χ1) is 18.7. The van der Waals surface area contributed by atoms with Crippen molar-refractivity contribution in [1.82, 2.24) is 10.6 Å². The topological polar surface area (TPSA) is 114 Å². The molecule has 0 amide bonds. The monoisotopic (exact) mass is 539 g/mol. The van der Waals surface area contributed by atoms with Crippen molar-refractivity contribution >= 4 is 17.6 Å². The number of rotatable bonds is 19. The minimum atomic E-state index is -0.221. The van der Waals surface area contributed by atoms with E-state index in [2.05, 4.69) is 24.5 Å². The van der Waals surface area contributed by atoms with Crippen molar-refractivity contribution in [3.05, 3.63) is 53.3 Å². The predicted octanol–water partition coefficient (Wildman–Crippen LogP) is 5.43. The Morgan fingerprint density at radius 2 is 1.92 bits per heavy atom. The number of allylic oxidation sites excluding steroid dienone is 3. The van der Waals surface area contributed by atoms with Crippen LogP contribution < -0.4 is 21.1 Å². The molecule has 7 heteroatoms. The minimum Gasteiger partial charge on any atom is -0.504 e. The van der Waals surface area contributed by atoms with Crippen molar-refractivity contribution in [1.29, 1.82) is 0 Å². The molecule has 1 heterocycles. The normalized spacial score (nSPS) is 15.8. The maximum Gasteiger partial charge on any atom is 0.163 e. The summed E-state index contributed by atoms with van der Waals surface area (Å²) in [5.41, 5.74) is 8.39. The van der Waals surface area contributed by atoms with Crippen molar-refractivity contribution < 1.29 is 19.4 Å². The summed E-state index contributed by atoms with van der Waals surface area (Å²) in [6.45, 7) is 5.59. The van der Waals surface area contributed by atoms with Gasteiger partial charge in [0.15, 0.2) is 17.3 Å². The second-order valence-corrected chi connectivity index (χ2v) is 11.0. The van der Waals surface area contributed by atoms with Gasteiger partial charge < -0.3 is 26.2 Å². The summed E-state index contributed by atoms with van der Waals surface area (Å²) in [5.74, 6) is 1.57. The molecule has 2 atom stereocenters. The van der Waals surface area contributed by atoms with Gasteiger partial charge in [0.2, 0.25) is 0 Å². The van der Waals surface area contributed by atoms with Crippen molar-refractivity contribution in [2.24, 2.45) is 17.6 Å². The molecule has 0 radical (unpaired) electrons. The van der Waals surface area contributed by atoms with Gasteiger partial charge in [0.1, 0.15) is 5.78 Å². The summed E-state index contributed by atoms with van der Waals surface area (Å²) in [5, 5.41) is 16.7. The number of nitrogens with two attached hydrogens (primary N) is 1. The maximum absolute atomic E-state index is 12.5. The molecule has 1 aliphatic rings. The van der Waals surface area contributed by atoms with Gasteiger partial charge in [-0.1, -0.05) is 51.7 Å². The van der Waals surface area contributed by atoms with Crippen LogP contribution in [0.5, 0.6) is 11.5 Å². The Kier molecular flexibility index (Phi) is 14.6. The zero-order valence-electron chi connectivity index (χ0n) is 24.3. The fraction of sp³-hybridized carbons (Fsp3) is 0.562. The molecule has 1 aromatic carbocycles. The molecule has 0 aliphatic carbocycles. The van der Waals surface area contributed by atoms with E-state index in [-0.39, 0.29) is 29.9 Å². The number of nitrogens with one attached hydrogen (secondary N) is 2. The Bertz CT molecular complexity index is 1010. The molecule has 39 heavy (non-hydrogen) atoms. The Labute approximate surface area is 235 Å². The number of dihydropyridines is 1. The van der Waals surface area contributed by atoms with E-state index >= 15 is 0 Å². The second kappa shape index (κ2) is 17.6.